The highest BCUT2D eigenvalue weighted by Gasteiger charge is 2.36. The fraction of sp³-hybridized carbons (Fsp3) is 1.00. The van der Waals surface area contributed by atoms with Gasteiger partial charge >= 0.3 is 0 Å². The minimum atomic E-state index is -1.10. The molecule has 0 aromatic rings. The maximum Gasteiger partial charge on any atom is 0.109 e. The van der Waals surface area contributed by atoms with E-state index in [2.05, 4.69) is 0 Å². The van der Waals surface area contributed by atoms with Gasteiger partial charge in [0.15, 0.2) is 0 Å². The molecule has 0 saturated carbocycles. The van der Waals surface area contributed by atoms with Gasteiger partial charge in [-0.05, 0) is 0 Å². The highest BCUT2D eigenvalue weighted by Crippen LogP contribution is 2.23. The third-order valence-corrected chi connectivity index (χ3v) is 2.57. The third-order valence-electron chi connectivity index (χ3n) is 2.57. The van der Waals surface area contributed by atoms with Crippen molar-refractivity contribution in [2.75, 3.05) is 13.2 Å². The van der Waals surface area contributed by atoms with Crippen LogP contribution in [0.5, 0.6) is 0 Å². The molecule has 90 valence electrons. The summed E-state index contributed by atoms with van der Waals surface area (Å²) in [6, 6.07) is 0. The Bertz CT molecular complexity index is 185. The Morgan fingerprint density at radius 1 is 1.27 bits per heavy atom. The maximum absolute atomic E-state index is 9.45. The van der Waals surface area contributed by atoms with Crippen LogP contribution in [0.1, 0.15) is 12.8 Å². The van der Waals surface area contributed by atoms with E-state index < -0.39 is 30.5 Å². The molecule has 6 nitrogen and oxygen atoms in total. The normalized spacial score (nSPS) is 39.0. The topological polar surface area (TPSA) is 110 Å². The average molecular weight is 222 g/mol. The summed E-state index contributed by atoms with van der Waals surface area (Å²) < 4.78 is 5.26. The molecule has 1 saturated heterocycles. The zero-order chi connectivity index (χ0) is 11.4. The van der Waals surface area contributed by atoms with Gasteiger partial charge < -0.3 is 30.3 Å². The molecular weight excluding hydrogens is 204 g/mol. The largest absolute Gasteiger partial charge is 0.394 e. The fourth-order valence-corrected chi connectivity index (χ4v) is 1.72. The van der Waals surface area contributed by atoms with Crippen LogP contribution in [-0.4, -0.2) is 69.3 Å². The van der Waals surface area contributed by atoms with Crippen molar-refractivity contribution < 1.29 is 30.3 Å². The molecule has 0 aromatic carbocycles. The molecule has 5 atom stereocenters. The predicted octanol–water partition coefficient (Wildman–Crippen LogP) is -2.40. The SMILES string of the molecule is OC[C@@H](O)C[C@H]1C[C@@H](O)[C@H](O)[C@@H](CO)O1. The van der Waals surface area contributed by atoms with E-state index in [9.17, 15) is 15.3 Å². The monoisotopic (exact) mass is 222 g/mol. The van der Waals surface area contributed by atoms with E-state index in [-0.39, 0.29) is 26.1 Å². The van der Waals surface area contributed by atoms with Gasteiger partial charge in [0.25, 0.3) is 0 Å². The lowest BCUT2D eigenvalue weighted by Crippen LogP contribution is -2.50. The summed E-state index contributed by atoms with van der Waals surface area (Å²) in [5.41, 5.74) is 0. The van der Waals surface area contributed by atoms with E-state index in [0.717, 1.165) is 0 Å². The van der Waals surface area contributed by atoms with Gasteiger partial charge in [0.05, 0.1) is 31.5 Å². The Labute approximate surface area is 87.7 Å². The van der Waals surface area contributed by atoms with Crippen molar-refractivity contribution in [3.63, 3.8) is 0 Å². The molecule has 0 spiro atoms. The van der Waals surface area contributed by atoms with Gasteiger partial charge in [-0.3, -0.25) is 0 Å². The van der Waals surface area contributed by atoms with Crippen molar-refractivity contribution in [2.24, 2.45) is 0 Å². The van der Waals surface area contributed by atoms with Gasteiger partial charge in [0.1, 0.15) is 12.2 Å². The van der Waals surface area contributed by atoms with Crippen LogP contribution in [0.4, 0.5) is 0 Å². The average Bonchev–Trinajstić information content (AvgIpc) is 2.22. The molecule has 5 N–H and O–H groups in total. The summed E-state index contributed by atoms with van der Waals surface area (Å²) >= 11 is 0. The van der Waals surface area contributed by atoms with Crippen molar-refractivity contribution >= 4 is 0 Å². The highest BCUT2D eigenvalue weighted by atomic mass is 16.5. The molecule has 15 heavy (non-hydrogen) atoms. The maximum atomic E-state index is 9.45. The summed E-state index contributed by atoms with van der Waals surface area (Å²) in [5, 5.41) is 45.6. The Balaban J connectivity index is 2.47. The van der Waals surface area contributed by atoms with E-state index in [4.69, 9.17) is 14.9 Å². The zero-order valence-electron chi connectivity index (χ0n) is 8.36. The first-order chi connectivity index (χ1) is 7.08. The lowest BCUT2D eigenvalue weighted by molar-refractivity contribution is -0.186. The summed E-state index contributed by atoms with van der Waals surface area (Å²) in [7, 11) is 0. The van der Waals surface area contributed by atoms with Crippen LogP contribution in [0, 0.1) is 0 Å². The first-order valence-electron chi connectivity index (χ1n) is 4.99. The lowest BCUT2D eigenvalue weighted by atomic mass is 9.95. The van der Waals surface area contributed by atoms with Crippen molar-refractivity contribution in [3.8, 4) is 0 Å². The number of hydrogen-bond donors (Lipinski definition) is 5. The zero-order valence-corrected chi connectivity index (χ0v) is 8.36. The molecule has 0 aliphatic carbocycles. The Morgan fingerprint density at radius 2 is 1.93 bits per heavy atom. The molecule has 6 heteroatoms. The Morgan fingerprint density at radius 3 is 2.47 bits per heavy atom. The summed E-state index contributed by atoms with van der Waals surface area (Å²) in [5.74, 6) is 0. The molecule has 1 heterocycles. The lowest BCUT2D eigenvalue weighted by Gasteiger charge is -2.36. The first-order valence-corrected chi connectivity index (χ1v) is 4.99. The summed E-state index contributed by atoms with van der Waals surface area (Å²) in [6.07, 6.45) is -3.89. The number of aliphatic hydroxyl groups excluding tert-OH is 5. The van der Waals surface area contributed by atoms with Gasteiger partial charge in [-0.25, -0.2) is 0 Å². The summed E-state index contributed by atoms with van der Waals surface area (Å²) in [6.45, 7) is -0.758. The van der Waals surface area contributed by atoms with Crippen molar-refractivity contribution in [1.29, 1.82) is 0 Å². The highest BCUT2D eigenvalue weighted by molar-refractivity contribution is 4.85. The van der Waals surface area contributed by atoms with Gasteiger partial charge in [-0.15, -0.1) is 0 Å². The molecule has 0 amide bonds. The summed E-state index contributed by atoms with van der Waals surface area (Å²) in [4.78, 5) is 0. The molecule has 1 rings (SSSR count). The van der Waals surface area contributed by atoms with Crippen molar-refractivity contribution in [3.05, 3.63) is 0 Å². The Hall–Kier alpha value is -0.240. The molecule has 1 aliphatic rings. The second-order valence-electron chi connectivity index (χ2n) is 3.84. The van der Waals surface area contributed by atoms with Crippen molar-refractivity contribution in [2.45, 2.75) is 43.4 Å². The van der Waals surface area contributed by atoms with Crippen LogP contribution in [-0.2, 0) is 4.74 Å². The molecule has 0 radical (unpaired) electrons. The molecule has 1 fully saturated rings. The number of hydrogen-bond acceptors (Lipinski definition) is 6. The van der Waals surface area contributed by atoms with E-state index in [1.54, 1.807) is 0 Å². The smallest absolute Gasteiger partial charge is 0.109 e. The minimum absolute atomic E-state index is 0.177. The second kappa shape index (κ2) is 5.74. The Kier molecular flexibility index (Phi) is 4.91. The van der Waals surface area contributed by atoms with E-state index >= 15 is 0 Å². The van der Waals surface area contributed by atoms with E-state index in [1.807, 2.05) is 0 Å². The standard InChI is InChI=1S/C9H18O6/c10-3-5(12)1-6-2-7(13)9(14)8(4-11)15-6/h5-14H,1-4H2/t5-,6-,7+,8+,9-/m0/s1. The number of aliphatic hydroxyl groups is 5. The number of rotatable bonds is 4. The van der Waals surface area contributed by atoms with Gasteiger partial charge in [0.2, 0.25) is 0 Å². The predicted molar refractivity (Wildman–Crippen MR) is 50.1 cm³/mol. The van der Waals surface area contributed by atoms with Crippen LogP contribution in [0.25, 0.3) is 0 Å². The molecule has 0 aromatic heterocycles. The quantitative estimate of drug-likeness (QED) is 0.363. The fourth-order valence-electron chi connectivity index (χ4n) is 1.72. The minimum Gasteiger partial charge on any atom is -0.394 e. The van der Waals surface area contributed by atoms with E-state index in [0.29, 0.717) is 0 Å². The molecule has 0 bridgehead atoms. The molecule has 0 unspecified atom stereocenters. The van der Waals surface area contributed by atoms with Gasteiger partial charge in [-0.2, -0.15) is 0 Å². The molecule has 1 aliphatic heterocycles. The number of ether oxygens (including phenoxy) is 1. The van der Waals surface area contributed by atoms with Crippen LogP contribution >= 0.6 is 0 Å². The van der Waals surface area contributed by atoms with Crippen molar-refractivity contribution in [1.82, 2.24) is 0 Å². The van der Waals surface area contributed by atoms with Crippen LogP contribution in [0.2, 0.25) is 0 Å². The van der Waals surface area contributed by atoms with Crippen LogP contribution in [0.3, 0.4) is 0 Å². The molecular formula is C9H18O6. The van der Waals surface area contributed by atoms with Gasteiger partial charge in [-0.1, -0.05) is 0 Å². The second-order valence-corrected chi connectivity index (χ2v) is 3.84. The first kappa shape index (κ1) is 12.8. The third kappa shape index (κ3) is 3.37. The van der Waals surface area contributed by atoms with Crippen LogP contribution < -0.4 is 0 Å². The van der Waals surface area contributed by atoms with E-state index in [1.165, 1.54) is 0 Å². The van der Waals surface area contributed by atoms with Crippen LogP contribution in [0.15, 0.2) is 0 Å². The van der Waals surface area contributed by atoms with Gasteiger partial charge in [0, 0.05) is 12.8 Å².